The van der Waals surface area contributed by atoms with E-state index in [0.29, 0.717) is 6.85 Å². The van der Waals surface area contributed by atoms with E-state index in [2.05, 4.69) is 18.9 Å². The minimum absolute atomic E-state index is 0.566. The van der Waals surface area contributed by atoms with Gasteiger partial charge in [-0.1, -0.05) is 19.7 Å². The van der Waals surface area contributed by atoms with E-state index in [1.807, 2.05) is 19.2 Å². The standard InChI is InChI=1S/C5H12BN/c1-4-5-7-6(2)3/h4-5,7H,1-3H3/b5-4-. The van der Waals surface area contributed by atoms with E-state index >= 15 is 0 Å². The highest BCUT2D eigenvalue weighted by molar-refractivity contribution is 6.53. The normalized spacial score (nSPS) is 9.57. The second kappa shape index (κ2) is 3.78. The third-order valence-corrected chi connectivity index (χ3v) is 0.596. The van der Waals surface area contributed by atoms with Crippen molar-refractivity contribution in [1.29, 1.82) is 0 Å². The Labute approximate surface area is 45.9 Å². The molecule has 0 fully saturated rings. The van der Waals surface area contributed by atoms with Crippen molar-refractivity contribution >= 4 is 6.85 Å². The molecule has 0 amide bonds. The van der Waals surface area contributed by atoms with Crippen molar-refractivity contribution in [3.63, 3.8) is 0 Å². The molecule has 0 aliphatic rings. The Morgan fingerprint density at radius 3 is 2.14 bits per heavy atom. The summed E-state index contributed by atoms with van der Waals surface area (Å²) in [7, 11) is 0. The van der Waals surface area contributed by atoms with Crippen LogP contribution in [-0.2, 0) is 0 Å². The SMILES string of the molecule is C/C=C\NB(C)C. The average molecular weight is 97.0 g/mol. The molecule has 0 saturated heterocycles. The molecule has 0 rings (SSSR count). The van der Waals surface area contributed by atoms with Gasteiger partial charge in [0.05, 0.1) is 0 Å². The quantitative estimate of drug-likeness (QED) is 0.513. The fourth-order valence-corrected chi connectivity index (χ4v) is 0.289. The molecule has 0 aliphatic carbocycles. The van der Waals surface area contributed by atoms with Gasteiger partial charge < -0.3 is 5.23 Å². The van der Waals surface area contributed by atoms with Gasteiger partial charge in [-0.3, -0.25) is 0 Å². The van der Waals surface area contributed by atoms with Gasteiger partial charge in [0.25, 0.3) is 0 Å². The topological polar surface area (TPSA) is 12.0 Å². The summed E-state index contributed by atoms with van der Waals surface area (Å²) in [5.41, 5.74) is 0. The molecule has 7 heavy (non-hydrogen) atoms. The highest BCUT2D eigenvalue weighted by Gasteiger charge is 1.88. The van der Waals surface area contributed by atoms with Gasteiger partial charge in [0.1, 0.15) is 0 Å². The van der Waals surface area contributed by atoms with Crippen LogP contribution in [0, 0.1) is 0 Å². The smallest absolute Gasteiger partial charge is 0.244 e. The van der Waals surface area contributed by atoms with Crippen LogP contribution in [0.5, 0.6) is 0 Å². The molecule has 0 radical (unpaired) electrons. The van der Waals surface area contributed by atoms with E-state index in [1.54, 1.807) is 0 Å². The van der Waals surface area contributed by atoms with Crippen molar-refractivity contribution in [2.75, 3.05) is 0 Å². The van der Waals surface area contributed by atoms with E-state index in [9.17, 15) is 0 Å². The first-order chi connectivity index (χ1) is 3.27. The zero-order valence-corrected chi connectivity index (χ0v) is 5.23. The predicted molar refractivity (Wildman–Crippen MR) is 35.4 cm³/mol. The third kappa shape index (κ3) is 5.60. The lowest BCUT2D eigenvalue weighted by molar-refractivity contribution is 1.30. The lowest BCUT2D eigenvalue weighted by atomic mass is 9.69. The molecular weight excluding hydrogens is 84.9 g/mol. The summed E-state index contributed by atoms with van der Waals surface area (Å²) in [6, 6.07) is 0. The van der Waals surface area contributed by atoms with Crippen LogP contribution in [0.1, 0.15) is 6.92 Å². The Bertz CT molecular complexity index is 59.1. The van der Waals surface area contributed by atoms with Gasteiger partial charge >= 0.3 is 0 Å². The number of hydrogen-bond acceptors (Lipinski definition) is 1. The van der Waals surface area contributed by atoms with Crippen molar-refractivity contribution < 1.29 is 0 Å². The molecule has 0 aliphatic heterocycles. The van der Waals surface area contributed by atoms with Crippen LogP contribution in [0.15, 0.2) is 12.3 Å². The van der Waals surface area contributed by atoms with E-state index < -0.39 is 0 Å². The molecule has 0 atom stereocenters. The van der Waals surface area contributed by atoms with Crippen LogP contribution in [-0.4, -0.2) is 6.85 Å². The molecule has 0 aromatic heterocycles. The average Bonchev–Trinajstić information content (AvgIpc) is 1.61. The van der Waals surface area contributed by atoms with Crippen molar-refractivity contribution in [2.24, 2.45) is 0 Å². The molecule has 0 spiro atoms. The summed E-state index contributed by atoms with van der Waals surface area (Å²) < 4.78 is 0. The molecular formula is C5H12BN. The van der Waals surface area contributed by atoms with Gasteiger partial charge in [0.2, 0.25) is 6.85 Å². The lowest BCUT2D eigenvalue weighted by Crippen LogP contribution is -2.20. The molecule has 1 nitrogen and oxygen atoms in total. The summed E-state index contributed by atoms with van der Waals surface area (Å²) in [6.45, 7) is 6.78. The van der Waals surface area contributed by atoms with Crippen LogP contribution < -0.4 is 5.23 Å². The Morgan fingerprint density at radius 2 is 2.00 bits per heavy atom. The molecule has 0 saturated carbocycles. The van der Waals surface area contributed by atoms with Crippen LogP contribution in [0.2, 0.25) is 13.6 Å². The zero-order valence-electron chi connectivity index (χ0n) is 5.23. The second-order valence-corrected chi connectivity index (χ2v) is 1.82. The van der Waals surface area contributed by atoms with Gasteiger partial charge in [-0.05, 0) is 13.1 Å². The summed E-state index contributed by atoms with van der Waals surface area (Å²) in [4.78, 5) is 0. The minimum atomic E-state index is 0.566. The predicted octanol–water partition coefficient (Wildman–Crippen LogP) is 1.36. The number of nitrogens with one attached hydrogen (secondary N) is 1. The molecule has 0 bridgehead atoms. The molecule has 0 heterocycles. The maximum Gasteiger partial charge on any atom is 0.244 e. The zero-order chi connectivity index (χ0) is 5.70. The van der Waals surface area contributed by atoms with Gasteiger partial charge in [-0.25, -0.2) is 0 Å². The number of allylic oxidation sites excluding steroid dienone is 1. The summed E-state index contributed by atoms with van der Waals surface area (Å²) in [6.07, 6.45) is 3.94. The molecule has 0 unspecified atom stereocenters. The molecule has 1 N–H and O–H groups in total. The van der Waals surface area contributed by atoms with Crippen molar-refractivity contribution in [3.05, 3.63) is 12.3 Å². The molecule has 2 heteroatoms. The molecule has 40 valence electrons. The number of hydrogen-bond donors (Lipinski definition) is 1. The van der Waals surface area contributed by atoms with Crippen molar-refractivity contribution in [2.45, 2.75) is 20.6 Å². The molecule has 0 aromatic rings. The minimum Gasteiger partial charge on any atom is -0.434 e. The highest BCUT2D eigenvalue weighted by atomic mass is 14.7. The summed E-state index contributed by atoms with van der Waals surface area (Å²) in [5, 5.41) is 3.11. The second-order valence-electron chi connectivity index (χ2n) is 1.82. The van der Waals surface area contributed by atoms with E-state index in [4.69, 9.17) is 0 Å². The Morgan fingerprint density at radius 1 is 1.43 bits per heavy atom. The van der Waals surface area contributed by atoms with Crippen LogP contribution in [0.3, 0.4) is 0 Å². The van der Waals surface area contributed by atoms with Crippen LogP contribution in [0.25, 0.3) is 0 Å². The highest BCUT2D eigenvalue weighted by Crippen LogP contribution is 1.70. The maximum absolute atomic E-state index is 3.11. The van der Waals surface area contributed by atoms with E-state index in [-0.39, 0.29) is 0 Å². The lowest BCUT2D eigenvalue weighted by Gasteiger charge is -1.95. The van der Waals surface area contributed by atoms with Crippen molar-refractivity contribution in [1.82, 2.24) is 5.23 Å². The van der Waals surface area contributed by atoms with E-state index in [1.165, 1.54) is 0 Å². The van der Waals surface area contributed by atoms with Crippen LogP contribution >= 0.6 is 0 Å². The van der Waals surface area contributed by atoms with Gasteiger partial charge in [0.15, 0.2) is 0 Å². The monoisotopic (exact) mass is 97.1 g/mol. The third-order valence-electron chi connectivity index (χ3n) is 0.596. The first-order valence-corrected chi connectivity index (χ1v) is 2.64. The largest absolute Gasteiger partial charge is 0.434 e. The fraction of sp³-hybridized carbons (Fsp3) is 0.600. The first kappa shape index (κ1) is 6.60. The Balaban J connectivity index is 2.97. The van der Waals surface area contributed by atoms with E-state index in [0.717, 1.165) is 0 Å². The summed E-state index contributed by atoms with van der Waals surface area (Å²) in [5.74, 6) is 0. The van der Waals surface area contributed by atoms with Crippen molar-refractivity contribution in [3.8, 4) is 0 Å². The first-order valence-electron chi connectivity index (χ1n) is 2.64. The maximum atomic E-state index is 3.11. The van der Waals surface area contributed by atoms with Gasteiger partial charge in [0, 0.05) is 0 Å². The Kier molecular flexibility index (Phi) is 3.57. The van der Waals surface area contributed by atoms with Gasteiger partial charge in [-0.2, -0.15) is 0 Å². The number of rotatable bonds is 2. The molecule has 0 aromatic carbocycles. The van der Waals surface area contributed by atoms with Gasteiger partial charge in [-0.15, -0.1) is 0 Å². The fourth-order valence-electron chi connectivity index (χ4n) is 0.289. The van der Waals surface area contributed by atoms with Crippen LogP contribution in [0.4, 0.5) is 0 Å². The Hall–Kier alpha value is -0.395. The summed E-state index contributed by atoms with van der Waals surface area (Å²) >= 11 is 0.